The van der Waals surface area contributed by atoms with Crippen molar-refractivity contribution in [1.82, 2.24) is 0 Å². The number of fused-ring (bicyclic) bond motifs is 1. The van der Waals surface area contributed by atoms with Gasteiger partial charge in [-0.25, -0.2) is 0 Å². The third kappa shape index (κ3) is 2.49. The Morgan fingerprint density at radius 3 is 2.68 bits per heavy atom. The molecule has 2 nitrogen and oxygen atoms in total. The molecule has 1 unspecified atom stereocenters. The Bertz CT molecular complexity index is 548. The van der Waals surface area contributed by atoms with E-state index in [9.17, 15) is 5.11 Å². The van der Waals surface area contributed by atoms with E-state index in [1.54, 1.807) is 0 Å². The second-order valence-electron chi connectivity index (χ2n) is 4.96. The molecule has 0 saturated heterocycles. The molecule has 0 spiro atoms. The number of ether oxygens (including phenoxy) is 1. The van der Waals surface area contributed by atoms with Crippen molar-refractivity contribution in [2.24, 2.45) is 0 Å². The van der Waals surface area contributed by atoms with Crippen LogP contribution in [0.5, 0.6) is 5.75 Å². The number of hydrogen-bond acceptors (Lipinski definition) is 2. The Morgan fingerprint density at radius 2 is 1.89 bits per heavy atom. The molecule has 0 bridgehead atoms. The average Bonchev–Trinajstić information content (AvgIpc) is 2.48. The normalized spacial score (nSPS) is 17.6. The summed E-state index contributed by atoms with van der Waals surface area (Å²) in [6.07, 6.45) is 1.81. The fraction of sp³-hybridized carbons (Fsp3) is 0.294. The molecule has 1 N–H and O–H groups in total. The molecule has 0 amide bonds. The third-order valence-electron chi connectivity index (χ3n) is 3.76. The van der Waals surface area contributed by atoms with Crippen molar-refractivity contribution in [2.45, 2.75) is 18.8 Å². The van der Waals surface area contributed by atoms with Crippen LogP contribution in [0, 0.1) is 0 Å². The number of aliphatic hydroxyl groups is 1. The summed E-state index contributed by atoms with van der Waals surface area (Å²) >= 11 is 0. The van der Waals surface area contributed by atoms with Crippen LogP contribution >= 0.6 is 0 Å². The summed E-state index contributed by atoms with van der Waals surface area (Å²) in [6, 6.07) is 16.7. The van der Waals surface area contributed by atoms with E-state index in [1.165, 1.54) is 16.7 Å². The van der Waals surface area contributed by atoms with Crippen LogP contribution < -0.4 is 4.74 Å². The van der Waals surface area contributed by atoms with E-state index in [1.807, 2.05) is 6.07 Å². The minimum atomic E-state index is 0.236. The molecule has 98 valence electrons. The van der Waals surface area contributed by atoms with Crippen LogP contribution in [0.1, 0.15) is 24.3 Å². The first-order valence-corrected chi connectivity index (χ1v) is 6.81. The molecule has 19 heavy (non-hydrogen) atoms. The van der Waals surface area contributed by atoms with Crippen LogP contribution in [-0.2, 0) is 0 Å². The molecule has 0 radical (unpaired) electrons. The lowest BCUT2D eigenvalue weighted by Gasteiger charge is -2.26. The maximum absolute atomic E-state index is 9.19. The fourth-order valence-electron chi connectivity index (χ4n) is 2.73. The summed E-state index contributed by atoms with van der Waals surface area (Å²) in [5.74, 6) is 1.39. The van der Waals surface area contributed by atoms with E-state index < -0.39 is 0 Å². The SMILES string of the molecule is OCCC1CCOc2ccc(-c3ccccc3)cc21. The van der Waals surface area contributed by atoms with Gasteiger partial charge in [-0.2, -0.15) is 0 Å². The Kier molecular flexibility index (Phi) is 3.51. The van der Waals surface area contributed by atoms with Gasteiger partial charge in [-0.3, -0.25) is 0 Å². The van der Waals surface area contributed by atoms with Crippen molar-refractivity contribution in [2.75, 3.05) is 13.2 Å². The fourth-order valence-corrected chi connectivity index (χ4v) is 2.73. The van der Waals surface area contributed by atoms with Gasteiger partial charge in [0.05, 0.1) is 6.61 Å². The van der Waals surface area contributed by atoms with Gasteiger partial charge in [0.2, 0.25) is 0 Å². The lowest BCUT2D eigenvalue weighted by atomic mass is 9.88. The summed E-state index contributed by atoms with van der Waals surface area (Å²) in [6.45, 7) is 0.988. The monoisotopic (exact) mass is 254 g/mol. The molecule has 0 aromatic heterocycles. The third-order valence-corrected chi connectivity index (χ3v) is 3.76. The van der Waals surface area contributed by atoms with Gasteiger partial charge >= 0.3 is 0 Å². The smallest absolute Gasteiger partial charge is 0.122 e. The average molecular weight is 254 g/mol. The van der Waals surface area contributed by atoms with E-state index in [0.29, 0.717) is 5.92 Å². The van der Waals surface area contributed by atoms with E-state index in [2.05, 4.69) is 42.5 Å². The molecule has 0 aliphatic carbocycles. The Balaban J connectivity index is 2.00. The maximum atomic E-state index is 9.19. The topological polar surface area (TPSA) is 29.5 Å². The largest absolute Gasteiger partial charge is 0.493 e. The predicted octanol–water partition coefficient (Wildman–Crippen LogP) is 3.60. The zero-order valence-corrected chi connectivity index (χ0v) is 10.9. The first-order valence-electron chi connectivity index (χ1n) is 6.81. The summed E-state index contributed by atoms with van der Waals surface area (Å²) in [4.78, 5) is 0. The van der Waals surface area contributed by atoms with Crippen LogP contribution in [0.15, 0.2) is 48.5 Å². The van der Waals surface area contributed by atoms with E-state index in [0.717, 1.165) is 25.2 Å². The summed E-state index contributed by atoms with van der Waals surface area (Å²) in [5, 5.41) is 9.19. The molecular formula is C17H18O2. The highest BCUT2D eigenvalue weighted by Crippen LogP contribution is 2.38. The van der Waals surface area contributed by atoms with Gasteiger partial charge in [0.25, 0.3) is 0 Å². The van der Waals surface area contributed by atoms with Gasteiger partial charge in [-0.05, 0) is 47.6 Å². The highest BCUT2D eigenvalue weighted by atomic mass is 16.5. The van der Waals surface area contributed by atoms with Crippen molar-refractivity contribution in [3.8, 4) is 16.9 Å². The highest BCUT2D eigenvalue weighted by molar-refractivity contribution is 5.66. The molecule has 1 heterocycles. The molecule has 2 aromatic rings. The van der Waals surface area contributed by atoms with Gasteiger partial charge in [0.15, 0.2) is 0 Å². The number of hydrogen-bond donors (Lipinski definition) is 1. The van der Waals surface area contributed by atoms with Gasteiger partial charge in [0.1, 0.15) is 5.75 Å². The molecule has 0 saturated carbocycles. The zero-order chi connectivity index (χ0) is 13.1. The van der Waals surface area contributed by atoms with Gasteiger partial charge in [-0.1, -0.05) is 36.4 Å². The standard InChI is InChI=1S/C17H18O2/c18-10-8-14-9-11-19-17-7-6-15(12-16(14)17)13-4-2-1-3-5-13/h1-7,12,14,18H,8-11H2. The first-order chi connectivity index (χ1) is 9.38. The first kappa shape index (κ1) is 12.2. The summed E-state index contributed by atoms with van der Waals surface area (Å²) < 4.78 is 5.71. The van der Waals surface area contributed by atoms with E-state index in [-0.39, 0.29) is 6.61 Å². The second kappa shape index (κ2) is 5.45. The number of aliphatic hydroxyl groups excluding tert-OH is 1. The second-order valence-corrected chi connectivity index (χ2v) is 4.96. The quantitative estimate of drug-likeness (QED) is 0.906. The number of rotatable bonds is 3. The van der Waals surface area contributed by atoms with Crippen molar-refractivity contribution in [3.63, 3.8) is 0 Å². The number of benzene rings is 2. The molecule has 3 rings (SSSR count). The van der Waals surface area contributed by atoms with Crippen LogP contribution in [-0.4, -0.2) is 18.3 Å². The molecule has 1 aliphatic rings. The Labute approximate surface area is 113 Å². The molecule has 1 aliphatic heterocycles. The van der Waals surface area contributed by atoms with Crippen molar-refractivity contribution < 1.29 is 9.84 Å². The predicted molar refractivity (Wildman–Crippen MR) is 76.4 cm³/mol. The minimum absolute atomic E-state index is 0.236. The zero-order valence-electron chi connectivity index (χ0n) is 10.9. The minimum Gasteiger partial charge on any atom is -0.493 e. The van der Waals surface area contributed by atoms with Crippen molar-refractivity contribution in [3.05, 3.63) is 54.1 Å². The molecule has 2 heteroatoms. The molecule has 1 atom stereocenters. The van der Waals surface area contributed by atoms with E-state index >= 15 is 0 Å². The molecular weight excluding hydrogens is 236 g/mol. The Hall–Kier alpha value is -1.80. The van der Waals surface area contributed by atoms with Gasteiger partial charge in [-0.15, -0.1) is 0 Å². The highest BCUT2D eigenvalue weighted by Gasteiger charge is 2.21. The van der Waals surface area contributed by atoms with Crippen LogP contribution in [0.4, 0.5) is 0 Å². The molecule has 0 fully saturated rings. The lowest BCUT2D eigenvalue weighted by molar-refractivity contribution is 0.230. The lowest BCUT2D eigenvalue weighted by Crippen LogP contribution is -2.15. The van der Waals surface area contributed by atoms with Gasteiger partial charge in [0, 0.05) is 6.61 Å². The summed E-state index contributed by atoms with van der Waals surface area (Å²) in [5.41, 5.74) is 3.67. The van der Waals surface area contributed by atoms with Crippen LogP contribution in [0.3, 0.4) is 0 Å². The van der Waals surface area contributed by atoms with E-state index in [4.69, 9.17) is 4.74 Å². The maximum Gasteiger partial charge on any atom is 0.122 e. The van der Waals surface area contributed by atoms with Crippen LogP contribution in [0.25, 0.3) is 11.1 Å². The van der Waals surface area contributed by atoms with Gasteiger partial charge < -0.3 is 9.84 Å². The van der Waals surface area contributed by atoms with Crippen molar-refractivity contribution >= 4 is 0 Å². The Morgan fingerprint density at radius 1 is 1.05 bits per heavy atom. The summed E-state index contributed by atoms with van der Waals surface area (Å²) in [7, 11) is 0. The molecule has 2 aromatic carbocycles. The van der Waals surface area contributed by atoms with Crippen LogP contribution in [0.2, 0.25) is 0 Å². The van der Waals surface area contributed by atoms with Crippen molar-refractivity contribution in [1.29, 1.82) is 0 Å².